The molecule has 1 unspecified atom stereocenters. The van der Waals surface area contributed by atoms with Gasteiger partial charge in [0.2, 0.25) is 0 Å². The number of β-amino-alcohol motifs (C(OH)–C–C–N with tert-alkyl or cyclic N) is 1. The van der Waals surface area contributed by atoms with Gasteiger partial charge in [0.05, 0.1) is 6.10 Å². The first-order valence-electron chi connectivity index (χ1n) is 7.43. The Labute approximate surface area is 114 Å². The maximum Gasteiger partial charge on any atom is 0.0791 e. The highest BCUT2D eigenvalue weighted by atomic mass is 16.3. The number of hydrogen-bond acceptors (Lipinski definition) is 3. The Bertz CT molecular complexity index is 199. The molecule has 0 spiro atoms. The summed E-state index contributed by atoms with van der Waals surface area (Å²) in [6.07, 6.45) is 3.47. The minimum Gasteiger partial charge on any atom is -0.390 e. The number of nitrogens with zero attached hydrogens (tertiary/aromatic N) is 1. The molecule has 0 aliphatic rings. The summed E-state index contributed by atoms with van der Waals surface area (Å²) in [6, 6.07) is 0.506. The van der Waals surface area contributed by atoms with Crippen LogP contribution in [0, 0.1) is 0 Å². The van der Waals surface area contributed by atoms with E-state index in [2.05, 4.69) is 51.8 Å². The lowest BCUT2D eigenvalue weighted by molar-refractivity contribution is 0.0885. The Hall–Kier alpha value is -0.120. The summed E-state index contributed by atoms with van der Waals surface area (Å²) in [7, 11) is 0. The number of unbranched alkanes of at least 4 members (excludes halogenated alkanes) is 2. The summed E-state index contributed by atoms with van der Waals surface area (Å²) in [5.41, 5.74) is 0.0752. The van der Waals surface area contributed by atoms with Gasteiger partial charge in [-0.25, -0.2) is 0 Å². The van der Waals surface area contributed by atoms with Gasteiger partial charge < -0.3 is 10.4 Å². The molecular formula is C15H34N2O. The van der Waals surface area contributed by atoms with E-state index in [4.69, 9.17) is 0 Å². The van der Waals surface area contributed by atoms with Gasteiger partial charge in [0.25, 0.3) is 0 Å². The van der Waals surface area contributed by atoms with Crippen LogP contribution in [0.5, 0.6) is 0 Å². The Kier molecular flexibility index (Phi) is 8.83. The third-order valence-electron chi connectivity index (χ3n) is 3.09. The summed E-state index contributed by atoms with van der Waals surface area (Å²) in [4.78, 5) is 2.38. The van der Waals surface area contributed by atoms with Gasteiger partial charge in [-0.15, -0.1) is 0 Å². The molecule has 0 saturated heterocycles. The Morgan fingerprint density at radius 1 is 1.17 bits per heavy atom. The van der Waals surface area contributed by atoms with Gasteiger partial charge in [0, 0.05) is 24.7 Å². The minimum absolute atomic E-state index is 0.0752. The van der Waals surface area contributed by atoms with Gasteiger partial charge in [-0.2, -0.15) is 0 Å². The van der Waals surface area contributed by atoms with Crippen molar-refractivity contribution in [3.05, 3.63) is 0 Å². The van der Waals surface area contributed by atoms with Gasteiger partial charge in [-0.1, -0.05) is 19.8 Å². The molecule has 0 amide bonds. The average molecular weight is 258 g/mol. The van der Waals surface area contributed by atoms with Crippen LogP contribution in [0.3, 0.4) is 0 Å². The van der Waals surface area contributed by atoms with E-state index in [0.29, 0.717) is 12.6 Å². The minimum atomic E-state index is -0.284. The van der Waals surface area contributed by atoms with Crippen molar-refractivity contribution in [1.29, 1.82) is 0 Å². The zero-order chi connectivity index (χ0) is 14.2. The number of hydrogen-bond donors (Lipinski definition) is 2. The molecule has 0 aliphatic carbocycles. The van der Waals surface area contributed by atoms with Crippen LogP contribution in [0.4, 0.5) is 0 Å². The third kappa shape index (κ3) is 9.86. The molecule has 0 aromatic rings. The molecule has 0 radical (unpaired) electrons. The second-order valence-corrected chi connectivity index (χ2v) is 6.58. The molecular weight excluding hydrogens is 224 g/mol. The van der Waals surface area contributed by atoms with Crippen molar-refractivity contribution < 1.29 is 5.11 Å². The van der Waals surface area contributed by atoms with Crippen molar-refractivity contribution in [3.8, 4) is 0 Å². The summed E-state index contributed by atoms with van der Waals surface area (Å²) < 4.78 is 0. The SMILES string of the molecule is CCCCCN(CC(O)CNC(C)(C)C)C(C)C. The van der Waals surface area contributed by atoms with Crippen LogP contribution in [0.2, 0.25) is 0 Å². The first kappa shape index (κ1) is 17.9. The molecule has 0 bridgehead atoms. The normalized spacial score (nSPS) is 14.5. The number of aliphatic hydroxyl groups is 1. The van der Waals surface area contributed by atoms with Crippen LogP contribution in [-0.2, 0) is 0 Å². The van der Waals surface area contributed by atoms with E-state index in [1.165, 1.54) is 19.3 Å². The third-order valence-corrected chi connectivity index (χ3v) is 3.09. The second kappa shape index (κ2) is 8.89. The molecule has 0 heterocycles. The molecule has 3 heteroatoms. The molecule has 0 aliphatic heterocycles. The van der Waals surface area contributed by atoms with Crippen molar-refractivity contribution in [2.75, 3.05) is 19.6 Å². The molecule has 3 nitrogen and oxygen atoms in total. The predicted octanol–water partition coefficient (Wildman–Crippen LogP) is 2.64. The molecule has 18 heavy (non-hydrogen) atoms. The van der Waals surface area contributed by atoms with Gasteiger partial charge in [-0.3, -0.25) is 4.90 Å². The van der Waals surface area contributed by atoms with Crippen molar-refractivity contribution >= 4 is 0 Å². The van der Waals surface area contributed by atoms with Crippen LogP contribution < -0.4 is 5.32 Å². The smallest absolute Gasteiger partial charge is 0.0791 e. The van der Waals surface area contributed by atoms with Gasteiger partial charge in [0.1, 0.15) is 0 Å². The lowest BCUT2D eigenvalue weighted by Crippen LogP contribution is -2.46. The molecule has 0 rings (SSSR count). The molecule has 0 saturated carbocycles. The fraction of sp³-hybridized carbons (Fsp3) is 1.00. The lowest BCUT2D eigenvalue weighted by atomic mass is 10.1. The van der Waals surface area contributed by atoms with E-state index < -0.39 is 0 Å². The number of aliphatic hydroxyl groups excluding tert-OH is 1. The first-order valence-corrected chi connectivity index (χ1v) is 7.43. The zero-order valence-electron chi connectivity index (χ0n) is 13.3. The van der Waals surface area contributed by atoms with E-state index in [1.807, 2.05) is 0 Å². The number of nitrogens with one attached hydrogen (secondary N) is 1. The topological polar surface area (TPSA) is 35.5 Å². The molecule has 0 aromatic carbocycles. The van der Waals surface area contributed by atoms with Crippen LogP contribution >= 0.6 is 0 Å². The summed E-state index contributed by atoms with van der Waals surface area (Å²) >= 11 is 0. The molecule has 0 aromatic heterocycles. The van der Waals surface area contributed by atoms with Gasteiger partial charge >= 0.3 is 0 Å². The largest absolute Gasteiger partial charge is 0.390 e. The Morgan fingerprint density at radius 2 is 1.78 bits per heavy atom. The van der Waals surface area contributed by atoms with Crippen LogP contribution in [0.15, 0.2) is 0 Å². The van der Waals surface area contributed by atoms with Crippen molar-refractivity contribution in [3.63, 3.8) is 0 Å². The van der Waals surface area contributed by atoms with Gasteiger partial charge in [0.15, 0.2) is 0 Å². The monoisotopic (exact) mass is 258 g/mol. The summed E-state index contributed by atoms with van der Waals surface area (Å²) in [5.74, 6) is 0. The van der Waals surface area contributed by atoms with Gasteiger partial charge in [-0.05, 0) is 47.6 Å². The Balaban J connectivity index is 3.99. The molecule has 0 fully saturated rings. The summed E-state index contributed by atoms with van der Waals surface area (Å²) in [6.45, 7) is 15.5. The van der Waals surface area contributed by atoms with E-state index in [9.17, 15) is 5.11 Å². The Morgan fingerprint density at radius 3 is 2.22 bits per heavy atom. The number of rotatable bonds is 9. The highest BCUT2D eigenvalue weighted by Crippen LogP contribution is 2.05. The molecule has 110 valence electrons. The van der Waals surface area contributed by atoms with E-state index in [0.717, 1.165) is 13.1 Å². The average Bonchev–Trinajstić information content (AvgIpc) is 2.24. The quantitative estimate of drug-likeness (QED) is 0.624. The maximum atomic E-state index is 10.1. The zero-order valence-corrected chi connectivity index (χ0v) is 13.3. The fourth-order valence-corrected chi connectivity index (χ4v) is 1.88. The van der Waals surface area contributed by atoms with E-state index >= 15 is 0 Å². The first-order chi connectivity index (χ1) is 8.26. The highest BCUT2D eigenvalue weighted by Gasteiger charge is 2.16. The maximum absolute atomic E-state index is 10.1. The van der Waals surface area contributed by atoms with Crippen LogP contribution in [0.25, 0.3) is 0 Å². The summed E-state index contributed by atoms with van der Waals surface area (Å²) in [5, 5.41) is 13.4. The lowest BCUT2D eigenvalue weighted by Gasteiger charge is -2.30. The second-order valence-electron chi connectivity index (χ2n) is 6.58. The van der Waals surface area contributed by atoms with Crippen LogP contribution in [-0.4, -0.2) is 47.3 Å². The van der Waals surface area contributed by atoms with Crippen molar-refractivity contribution in [1.82, 2.24) is 10.2 Å². The molecule has 1 atom stereocenters. The van der Waals surface area contributed by atoms with Crippen molar-refractivity contribution in [2.45, 2.75) is 78.5 Å². The highest BCUT2D eigenvalue weighted by molar-refractivity contribution is 4.75. The standard InChI is InChI=1S/C15H34N2O/c1-7-8-9-10-17(13(2)3)12-14(18)11-16-15(4,5)6/h13-14,16,18H,7-12H2,1-6H3. The molecule has 2 N–H and O–H groups in total. The van der Waals surface area contributed by atoms with E-state index in [-0.39, 0.29) is 11.6 Å². The predicted molar refractivity (Wildman–Crippen MR) is 80.0 cm³/mol. The van der Waals surface area contributed by atoms with Crippen LogP contribution in [0.1, 0.15) is 60.8 Å². The fourth-order valence-electron chi connectivity index (χ4n) is 1.88. The van der Waals surface area contributed by atoms with Crippen molar-refractivity contribution in [2.24, 2.45) is 0 Å². The van der Waals surface area contributed by atoms with E-state index in [1.54, 1.807) is 0 Å².